The van der Waals surface area contributed by atoms with E-state index in [0.717, 1.165) is 22.3 Å². The van der Waals surface area contributed by atoms with Crippen molar-refractivity contribution in [2.24, 2.45) is 0 Å². The summed E-state index contributed by atoms with van der Waals surface area (Å²) >= 11 is 0. The first kappa shape index (κ1) is 16.0. The zero-order chi connectivity index (χ0) is 16.9. The molecule has 3 nitrogen and oxygen atoms in total. The lowest BCUT2D eigenvalue weighted by Crippen LogP contribution is -2.16. The summed E-state index contributed by atoms with van der Waals surface area (Å²) in [5.41, 5.74) is 3.80. The van der Waals surface area contributed by atoms with E-state index in [1.807, 2.05) is 48.5 Å². The minimum atomic E-state index is -0.392. The van der Waals surface area contributed by atoms with Gasteiger partial charge < -0.3 is 9.53 Å². The molecule has 0 aliphatic heterocycles. The Labute approximate surface area is 141 Å². The fourth-order valence-electron chi connectivity index (χ4n) is 2.76. The van der Waals surface area contributed by atoms with Gasteiger partial charge in [0.1, 0.15) is 11.9 Å². The van der Waals surface area contributed by atoms with Crippen LogP contribution in [0, 0.1) is 11.8 Å². The van der Waals surface area contributed by atoms with Crippen LogP contribution in [0.4, 0.5) is 0 Å². The molecule has 0 heterocycles. The molecule has 3 rings (SSSR count). The average molecular weight is 318 g/mol. The SMILES string of the molecule is CC(=O)CCC(=O)OC1Cc2ccccc2C#Cc2ccccc21. The predicted molar refractivity (Wildman–Crippen MR) is 91.3 cm³/mol. The number of hydrogen-bond acceptors (Lipinski definition) is 3. The third-order valence-corrected chi connectivity index (χ3v) is 4.02. The molecule has 2 aromatic carbocycles. The van der Waals surface area contributed by atoms with Gasteiger partial charge in [0.25, 0.3) is 0 Å². The van der Waals surface area contributed by atoms with Crippen molar-refractivity contribution in [1.29, 1.82) is 0 Å². The molecule has 0 N–H and O–H groups in total. The Hall–Kier alpha value is -2.86. The maximum Gasteiger partial charge on any atom is 0.306 e. The van der Waals surface area contributed by atoms with Gasteiger partial charge in [0.2, 0.25) is 0 Å². The second-order valence-corrected chi connectivity index (χ2v) is 5.88. The quantitative estimate of drug-likeness (QED) is 0.639. The number of carbonyl (C=O) groups excluding carboxylic acids is 2. The van der Waals surface area contributed by atoms with Gasteiger partial charge in [-0.05, 0) is 24.6 Å². The Kier molecular flexibility index (Phi) is 4.77. The van der Waals surface area contributed by atoms with Gasteiger partial charge in [0, 0.05) is 29.5 Å². The van der Waals surface area contributed by atoms with Crippen LogP contribution in [0.3, 0.4) is 0 Å². The Morgan fingerprint density at radius 2 is 1.67 bits per heavy atom. The summed E-state index contributed by atoms with van der Waals surface area (Å²) in [6.45, 7) is 1.48. The van der Waals surface area contributed by atoms with Crippen LogP contribution in [0.1, 0.15) is 48.1 Å². The highest BCUT2D eigenvalue weighted by atomic mass is 16.5. The molecule has 1 unspecified atom stereocenters. The Bertz CT molecular complexity index is 839. The highest BCUT2D eigenvalue weighted by molar-refractivity contribution is 5.81. The third kappa shape index (κ3) is 3.72. The zero-order valence-electron chi connectivity index (χ0n) is 13.5. The van der Waals surface area contributed by atoms with Gasteiger partial charge in [0.15, 0.2) is 0 Å². The van der Waals surface area contributed by atoms with Crippen molar-refractivity contribution in [3.05, 3.63) is 70.8 Å². The van der Waals surface area contributed by atoms with E-state index in [2.05, 4.69) is 11.8 Å². The molecule has 1 aliphatic carbocycles. The lowest BCUT2D eigenvalue weighted by Gasteiger charge is -2.21. The van der Waals surface area contributed by atoms with Crippen LogP contribution < -0.4 is 0 Å². The Morgan fingerprint density at radius 1 is 1.00 bits per heavy atom. The van der Waals surface area contributed by atoms with Gasteiger partial charge in [-0.15, -0.1) is 0 Å². The van der Waals surface area contributed by atoms with Crippen molar-refractivity contribution in [1.82, 2.24) is 0 Å². The van der Waals surface area contributed by atoms with Crippen LogP contribution in [0.5, 0.6) is 0 Å². The molecular weight excluding hydrogens is 300 g/mol. The number of hydrogen-bond donors (Lipinski definition) is 0. The predicted octanol–water partition coefficient (Wildman–Crippen LogP) is 3.60. The highest BCUT2D eigenvalue weighted by Gasteiger charge is 2.22. The number of carbonyl (C=O) groups is 2. The van der Waals surface area contributed by atoms with Crippen LogP contribution in [0.25, 0.3) is 0 Å². The van der Waals surface area contributed by atoms with E-state index >= 15 is 0 Å². The van der Waals surface area contributed by atoms with E-state index in [4.69, 9.17) is 4.74 Å². The molecule has 0 aromatic heterocycles. The summed E-state index contributed by atoms with van der Waals surface area (Å²) in [7, 11) is 0. The van der Waals surface area contributed by atoms with Gasteiger partial charge in [-0.25, -0.2) is 0 Å². The summed E-state index contributed by atoms with van der Waals surface area (Å²) in [5.74, 6) is 6.02. The summed E-state index contributed by atoms with van der Waals surface area (Å²) in [6.07, 6.45) is 0.509. The molecule has 3 heteroatoms. The standard InChI is InChI=1S/C21H18O3/c1-15(22)10-13-21(23)24-20-14-18-8-3-2-6-16(18)11-12-17-7-4-5-9-19(17)20/h2-9,20H,10,13-14H2,1H3. The molecule has 0 radical (unpaired) electrons. The minimum absolute atomic E-state index is 0.0128. The molecule has 1 aliphatic rings. The van der Waals surface area contributed by atoms with Gasteiger partial charge in [0.05, 0.1) is 6.42 Å². The maximum absolute atomic E-state index is 12.1. The molecule has 0 fully saturated rings. The number of ketones is 1. The molecule has 0 saturated carbocycles. The number of Topliss-reactive ketones (excluding diaryl/α,β-unsaturated/α-hetero) is 1. The van der Waals surface area contributed by atoms with Crippen molar-refractivity contribution >= 4 is 11.8 Å². The monoisotopic (exact) mass is 318 g/mol. The molecule has 0 spiro atoms. The minimum Gasteiger partial charge on any atom is -0.457 e. The van der Waals surface area contributed by atoms with Gasteiger partial charge in [-0.3, -0.25) is 4.79 Å². The van der Waals surface area contributed by atoms with Crippen LogP contribution in [0.15, 0.2) is 48.5 Å². The van der Waals surface area contributed by atoms with Gasteiger partial charge >= 0.3 is 5.97 Å². The largest absolute Gasteiger partial charge is 0.457 e. The molecule has 24 heavy (non-hydrogen) atoms. The summed E-state index contributed by atoms with van der Waals surface area (Å²) < 4.78 is 5.70. The van der Waals surface area contributed by atoms with Gasteiger partial charge in [-0.2, -0.15) is 0 Å². The molecule has 0 amide bonds. The molecule has 2 aromatic rings. The normalized spacial score (nSPS) is 15.0. The number of rotatable bonds is 4. The fourth-order valence-corrected chi connectivity index (χ4v) is 2.76. The number of esters is 1. The first-order chi connectivity index (χ1) is 11.6. The van der Waals surface area contributed by atoms with Crippen molar-refractivity contribution < 1.29 is 14.3 Å². The maximum atomic E-state index is 12.1. The smallest absolute Gasteiger partial charge is 0.306 e. The summed E-state index contributed by atoms with van der Waals surface area (Å²) in [4.78, 5) is 23.2. The van der Waals surface area contributed by atoms with E-state index in [0.29, 0.717) is 6.42 Å². The topological polar surface area (TPSA) is 43.4 Å². The van der Waals surface area contributed by atoms with E-state index in [1.54, 1.807) is 0 Å². The van der Waals surface area contributed by atoms with E-state index in [9.17, 15) is 9.59 Å². The lowest BCUT2D eigenvalue weighted by atomic mass is 9.92. The zero-order valence-corrected chi connectivity index (χ0v) is 13.5. The Morgan fingerprint density at radius 3 is 2.46 bits per heavy atom. The van der Waals surface area contributed by atoms with Crippen molar-refractivity contribution in [3.63, 3.8) is 0 Å². The lowest BCUT2D eigenvalue weighted by molar-refractivity contribution is -0.150. The van der Waals surface area contributed by atoms with Crippen LogP contribution in [0.2, 0.25) is 0 Å². The van der Waals surface area contributed by atoms with E-state index in [-0.39, 0.29) is 24.6 Å². The van der Waals surface area contributed by atoms with Crippen LogP contribution in [-0.2, 0) is 20.7 Å². The second-order valence-electron chi connectivity index (χ2n) is 5.88. The van der Waals surface area contributed by atoms with Gasteiger partial charge in [-0.1, -0.05) is 48.2 Å². The summed E-state index contributed by atoms with van der Waals surface area (Å²) in [5, 5.41) is 0. The second kappa shape index (κ2) is 7.14. The van der Waals surface area contributed by atoms with E-state index < -0.39 is 6.10 Å². The highest BCUT2D eigenvalue weighted by Crippen LogP contribution is 2.28. The van der Waals surface area contributed by atoms with E-state index in [1.165, 1.54) is 6.92 Å². The molecule has 1 atom stereocenters. The van der Waals surface area contributed by atoms with Crippen molar-refractivity contribution in [2.75, 3.05) is 0 Å². The Balaban J connectivity index is 1.92. The average Bonchev–Trinajstić information content (AvgIpc) is 2.57. The molecule has 0 saturated heterocycles. The third-order valence-electron chi connectivity index (χ3n) is 4.02. The number of ether oxygens (including phenoxy) is 1. The molecule has 120 valence electrons. The molecular formula is C21H18O3. The first-order valence-electron chi connectivity index (χ1n) is 8.01. The summed E-state index contributed by atoms with van der Waals surface area (Å²) in [6, 6.07) is 15.6. The number of benzene rings is 2. The van der Waals surface area contributed by atoms with Crippen LogP contribution >= 0.6 is 0 Å². The van der Waals surface area contributed by atoms with Crippen LogP contribution in [-0.4, -0.2) is 11.8 Å². The molecule has 0 bridgehead atoms. The fraction of sp³-hybridized carbons (Fsp3) is 0.238. The first-order valence-corrected chi connectivity index (χ1v) is 8.01. The van der Waals surface area contributed by atoms with Crippen molar-refractivity contribution in [3.8, 4) is 11.8 Å². The number of fused-ring (bicyclic) bond motifs is 2. The van der Waals surface area contributed by atoms with Crippen molar-refractivity contribution in [2.45, 2.75) is 32.3 Å².